The molecule has 0 radical (unpaired) electrons. The minimum Gasteiger partial charge on any atom is -0.370 e. The number of nitro benzene ring substituents is 1. The van der Waals surface area contributed by atoms with Gasteiger partial charge in [0.15, 0.2) is 0 Å². The number of non-ortho nitro benzene ring substituents is 1. The zero-order valence-corrected chi connectivity index (χ0v) is 15.8. The quantitative estimate of drug-likeness (QED) is 0.625. The van der Waals surface area contributed by atoms with Crippen LogP contribution in [0.3, 0.4) is 0 Å². The highest BCUT2D eigenvalue weighted by molar-refractivity contribution is 6.33. The normalized spacial score (nSPS) is 14.8. The molecule has 0 atom stereocenters. The van der Waals surface area contributed by atoms with Crippen LogP contribution in [0, 0.1) is 23.0 Å². The second-order valence-electron chi connectivity index (χ2n) is 6.69. The molecule has 2 heterocycles. The molecule has 2 aromatic rings. The molecule has 1 N–H and O–H groups in total. The Hall–Kier alpha value is -2.67. The third kappa shape index (κ3) is 4.54. The number of rotatable bonds is 5. The topological polar surface area (TPSA) is 88.4 Å². The van der Waals surface area contributed by atoms with E-state index < -0.39 is 4.92 Å². The molecule has 1 aromatic carbocycles. The molecule has 0 aliphatic carbocycles. The molecule has 0 unspecified atom stereocenters. The molecule has 0 spiro atoms. The number of aromatic nitrogens is 1. The van der Waals surface area contributed by atoms with E-state index in [9.17, 15) is 14.9 Å². The third-order valence-corrected chi connectivity index (χ3v) is 5.11. The van der Waals surface area contributed by atoms with Crippen LogP contribution in [0.15, 0.2) is 36.7 Å². The summed E-state index contributed by atoms with van der Waals surface area (Å²) < 4.78 is 0. The molecule has 8 heteroatoms. The molecule has 0 bridgehead atoms. The van der Waals surface area contributed by atoms with Gasteiger partial charge in [-0.3, -0.25) is 19.9 Å². The van der Waals surface area contributed by atoms with Gasteiger partial charge in [-0.05, 0) is 37.0 Å². The van der Waals surface area contributed by atoms with Crippen LogP contribution < -0.4 is 10.2 Å². The average molecular weight is 389 g/mol. The molecular weight excluding hydrogens is 368 g/mol. The first-order valence-corrected chi connectivity index (χ1v) is 9.19. The van der Waals surface area contributed by atoms with Crippen molar-refractivity contribution in [1.82, 2.24) is 10.3 Å². The molecule has 3 rings (SSSR count). The van der Waals surface area contributed by atoms with Crippen molar-refractivity contribution in [1.29, 1.82) is 0 Å². The Bertz CT molecular complexity index is 813. The van der Waals surface area contributed by atoms with E-state index in [0.29, 0.717) is 37.5 Å². The van der Waals surface area contributed by atoms with Crippen molar-refractivity contribution >= 4 is 28.9 Å². The van der Waals surface area contributed by atoms with E-state index in [2.05, 4.69) is 15.2 Å². The molecule has 1 fully saturated rings. The second-order valence-corrected chi connectivity index (χ2v) is 7.10. The molecule has 1 aliphatic rings. The van der Waals surface area contributed by atoms with E-state index in [1.807, 2.05) is 19.1 Å². The Balaban J connectivity index is 1.59. The second kappa shape index (κ2) is 8.35. The first kappa shape index (κ1) is 19.1. The number of amides is 1. The minimum atomic E-state index is -0.443. The van der Waals surface area contributed by atoms with E-state index in [-0.39, 0.29) is 17.5 Å². The standard InChI is InChI=1S/C19H21ClN4O3/c1-13-9-16(24(26)27)10-17(20)18(13)23-7-4-15(5-8-23)19(25)22-12-14-3-2-6-21-11-14/h2-3,6,9-11,15H,4-5,7-8,12H2,1H3,(H,22,25). The fraction of sp³-hybridized carbons (Fsp3) is 0.368. The van der Waals surface area contributed by atoms with Gasteiger partial charge in [0.2, 0.25) is 5.91 Å². The first-order valence-electron chi connectivity index (χ1n) is 8.82. The Morgan fingerprint density at radius 1 is 1.41 bits per heavy atom. The molecule has 1 saturated heterocycles. The number of carbonyl (C=O) groups excluding carboxylic acids is 1. The number of halogens is 1. The lowest BCUT2D eigenvalue weighted by molar-refractivity contribution is -0.384. The molecule has 1 amide bonds. The summed E-state index contributed by atoms with van der Waals surface area (Å²) in [7, 11) is 0. The summed E-state index contributed by atoms with van der Waals surface area (Å²) >= 11 is 6.30. The smallest absolute Gasteiger partial charge is 0.271 e. The van der Waals surface area contributed by atoms with E-state index in [1.54, 1.807) is 12.4 Å². The van der Waals surface area contributed by atoms with Gasteiger partial charge in [-0.15, -0.1) is 0 Å². The number of aryl methyl sites for hydroxylation is 1. The zero-order valence-electron chi connectivity index (χ0n) is 15.0. The van der Waals surface area contributed by atoms with Gasteiger partial charge in [-0.1, -0.05) is 17.7 Å². The summed E-state index contributed by atoms with van der Waals surface area (Å²) in [6.07, 6.45) is 4.87. The van der Waals surface area contributed by atoms with Crippen molar-refractivity contribution in [3.63, 3.8) is 0 Å². The van der Waals surface area contributed by atoms with Crippen molar-refractivity contribution in [2.24, 2.45) is 5.92 Å². The number of nitrogens with one attached hydrogen (secondary N) is 1. The fourth-order valence-corrected chi connectivity index (χ4v) is 3.81. The lowest BCUT2D eigenvalue weighted by atomic mass is 9.95. The Labute approximate surface area is 162 Å². The number of nitro groups is 1. The van der Waals surface area contributed by atoms with Crippen LogP contribution in [0.5, 0.6) is 0 Å². The van der Waals surface area contributed by atoms with Crippen LogP contribution in [-0.2, 0) is 11.3 Å². The largest absolute Gasteiger partial charge is 0.370 e. The van der Waals surface area contributed by atoms with E-state index in [4.69, 9.17) is 11.6 Å². The van der Waals surface area contributed by atoms with Gasteiger partial charge in [0.05, 0.1) is 15.6 Å². The van der Waals surface area contributed by atoms with Gasteiger partial charge < -0.3 is 10.2 Å². The SMILES string of the molecule is Cc1cc([N+](=O)[O-])cc(Cl)c1N1CCC(C(=O)NCc2cccnc2)CC1. The summed E-state index contributed by atoms with van der Waals surface area (Å²) in [5, 5.41) is 14.3. The minimum absolute atomic E-state index is 0.00841. The van der Waals surface area contributed by atoms with Crippen molar-refractivity contribution in [3.05, 3.63) is 62.9 Å². The number of anilines is 1. The molecular formula is C19H21ClN4O3. The Kier molecular flexibility index (Phi) is 5.91. The highest BCUT2D eigenvalue weighted by atomic mass is 35.5. The van der Waals surface area contributed by atoms with Gasteiger partial charge >= 0.3 is 0 Å². The Morgan fingerprint density at radius 3 is 2.74 bits per heavy atom. The van der Waals surface area contributed by atoms with Crippen molar-refractivity contribution < 1.29 is 9.72 Å². The third-order valence-electron chi connectivity index (χ3n) is 4.82. The number of nitrogens with zero attached hydrogens (tertiary/aromatic N) is 3. The highest BCUT2D eigenvalue weighted by Crippen LogP contribution is 2.35. The maximum absolute atomic E-state index is 12.4. The molecule has 0 saturated carbocycles. The summed E-state index contributed by atoms with van der Waals surface area (Å²) in [5.41, 5.74) is 2.55. The van der Waals surface area contributed by atoms with Gasteiger partial charge in [0, 0.05) is 50.1 Å². The summed E-state index contributed by atoms with van der Waals surface area (Å²) in [6.45, 7) is 3.66. The fourth-order valence-electron chi connectivity index (χ4n) is 3.43. The van der Waals surface area contributed by atoms with Crippen molar-refractivity contribution in [2.75, 3.05) is 18.0 Å². The Morgan fingerprint density at radius 2 is 2.15 bits per heavy atom. The maximum Gasteiger partial charge on any atom is 0.271 e. The van der Waals surface area contributed by atoms with E-state index in [1.165, 1.54) is 12.1 Å². The van der Waals surface area contributed by atoms with Crippen LogP contribution in [-0.4, -0.2) is 28.9 Å². The van der Waals surface area contributed by atoms with E-state index >= 15 is 0 Å². The number of pyridine rings is 1. The van der Waals surface area contributed by atoms with Gasteiger partial charge in [0.25, 0.3) is 5.69 Å². The van der Waals surface area contributed by atoms with Gasteiger partial charge in [-0.25, -0.2) is 0 Å². The van der Waals surface area contributed by atoms with Crippen LogP contribution in [0.4, 0.5) is 11.4 Å². The van der Waals surface area contributed by atoms with Crippen LogP contribution >= 0.6 is 11.6 Å². The molecule has 142 valence electrons. The predicted octanol–water partition coefficient (Wildman–Crippen LogP) is 3.48. The first-order chi connectivity index (χ1) is 13.0. The molecule has 1 aromatic heterocycles. The molecule has 7 nitrogen and oxygen atoms in total. The van der Waals surface area contributed by atoms with Crippen molar-refractivity contribution in [3.8, 4) is 0 Å². The summed E-state index contributed by atoms with van der Waals surface area (Å²) in [4.78, 5) is 29.1. The highest BCUT2D eigenvalue weighted by Gasteiger charge is 2.27. The van der Waals surface area contributed by atoms with Gasteiger partial charge in [0.1, 0.15) is 0 Å². The number of carbonyl (C=O) groups is 1. The van der Waals surface area contributed by atoms with Crippen LogP contribution in [0.2, 0.25) is 5.02 Å². The average Bonchev–Trinajstić information content (AvgIpc) is 2.67. The number of piperidine rings is 1. The van der Waals surface area contributed by atoms with Crippen LogP contribution in [0.25, 0.3) is 0 Å². The van der Waals surface area contributed by atoms with Crippen LogP contribution in [0.1, 0.15) is 24.0 Å². The van der Waals surface area contributed by atoms with Gasteiger partial charge in [-0.2, -0.15) is 0 Å². The molecule has 27 heavy (non-hydrogen) atoms. The number of hydrogen-bond acceptors (Lipinski definition) is 5. The van der Waals surface area contributed by atoms with E-state index in [0.717, 1.165) is 16.8 Å². The lowest BCUT2D eigenvalue weighted by Gasteiger charge is -2.34. The molecule has 1 aliphatic heterocycles. The number of hydrogen-bond donors (Lipinski definition) is 1. The summed E-state index contributed by atoms with van der Waals surface area (Å²) in [6, 6.07) is 6.69. The maximum atomic E-state index is 12.4. The summed E-state index contributed by atoms with van der Waals surface area (Å²) in [5.74, 6) is 0.0000675. The lowest BCUT2D eigenvalue weighted by Crippen LogP contribution is -2.40. The van der Waals surface area contributed by atoms with Crippen molar-refractivity contribution in [2.45, 2.75) is 26.3 Å². The number of benzene rings is 1. The zero-order chi connectivity index (χ0) is 19.4. The monoisotopic (exact) mass is 388 g/mol. The predicted molar refractivity (Wildman–Crippen MR) is 104 cm³/mol.